The second kappa shape index (κ2) is 5.92. The van der Waals surface area contributed by atoms with Gasteiger partial charge in [-0.1, -0.05) is 48.6 Å². The number of thioether (sulfide) groups is 1. The zero-order valence-corrected chi connectivity index (χ0v) is 14.6. The Balaban J connectivity index is 1.76. The van der Waals surface area contributed by atoms with E-state index in [9.17, 15) is 4.79 Å². The summed E-state index contributed by atoms with van der Waals surface area (Å²) in [5.74, 6) is 0. The van der Waals surface area contributed by atoms with Gasteiger partial charge in [0.1, 0.15) is 4.99 Å². The van der Waals surface area contributed by atoms with Gasteiger partial charge >= 0.3 is 0 Å². The number of carbonyl (C=O) groups is 1. The maximum absolute atomic E-state index is 12.4. The second-order valence-corrected chi connectivity index (χ2v) is 6.95. The van der Waals surface area contributed by atoms with Crippen molar-refractivity contribution >= 4 is 56.9 Å². The summed E-state index contributed by atoms with van der Waals surface area (Å²) < 4.78 is 2.08. The quantitative estimate of drug-likeness (QED) is 0.468. The topological polar surface area (TPSA) is 25.2 Å². The van der Waals surface area contributed by atoms with Crippen LogP contribution in [0.5, 0.6) is 0 Å². The van der Waals surface area contributed by atoms with Crippen molar-refractivity contribution < 1.29 is 4.79 Å². The van der Waals surface area contributed by atoms with Crippen molar-refractivity contribution in [2.75, 3.05) is 4.90 Å². The van der Waals surface area contributed by atoms with Crippen LogP contribution in [0, 0.1) is 0 Å². The molecule has 1 fully saturated rings. The molecule has 118 valence electrons. The SMILES string of the molecule is Cn1cc(/C=C2\SC(=O)N(c3ccccc3)C2=S)c2ccccc21. The van der Waals surface area contributed by atoms with E-state index in [1.165, 1.54) is 11.8 Å². The summed E-state index contributed by atoms with van der Waals surface area (Å²) in [6.45, 7) is 0. The van der Waals surface area contributed by atoms with Gasteiger partial charge in [-0.25, -0.2) is 0 Å². The molecule has 0 radical (unpaired) electrons. The van der Waals surface area contributed by atoms with Gasteiger partial charge in [-0.05, 0) is 36.0 Å². The van der Waals surface area contributed by atoms with E-state index in [0.29, 0.717) is 4.99 Å². The number of aryl methyl sites for hydroxylation is 1. The maximum Gasteiger partial charge on any atom is 0.296 e. The monoisotopic (exact) mass is 350 g/mol. The number of thiocarbonyl (C=S) groups is 1. The highest BCUT2D eigenvalue weighted by molar-refractivity contribution is 8.20. The predicted molar refractivity (Wildman–Crippen MR) is 105 cm³/mol. The van der Waals surface area contributed by atoms with Gasteiger partial charge in [0.15, 0.2) is 0 Å². The van der Waals surface area contributed by atoms with E-state index in [1.54, 1.807) is 4.90 Å². The highest BCUT2D eigenvalue weighted by atomic mass is 32.2. The fourth-order valence-electron chi connectivity index (χ4n) is 2.90. The molecular formula is C19H14N2OS2. The lowest BCUT2D eigenvalue weighted by molar-refractivity contribution is 0.268. The summed E-state index contributed by atoms with van der Waals surface area (Å²) in [6.07, 6.45) is 4.08. The van der Waals surface area contributed by atoms with E-state index in [1.807, 2.05) is 55.6 Å². The number of hydrogen-bond acceptors (Lipinski definition) is 3. The van der Waals surface area contributed by atoms with Gasteiger partial charge in [0.25, 0.3) is 5.24 Å². The molecule has 1 aliphatic heterocycles. The van der Waals surface area contributed by atoms with Crippen LogP contribution in [0.15, 0.2) is 65.7 Å². The van der Waals surface area contributed by atoms with Crippen LogP contribution >= 0.6 is 24.0 Å². The molecule has 2 aromatic carbocycles. The standard InChI is InChI=1S/C19H14N2OS2/c1-20-12-13(15-9-5-6-10-16(15)20)11-17-18(23)21(19(22)24-17)14-7-3-2-4-8-14/h2-12H,1H3/b17-11-. The normalized spacial score (nSPS) is 16.5. The molecule has 1 saturated heterocycles. The van der Waals surface area contributed by atoms with Crippen molar-refractivity contribution in [3.8, 4) is 0 Å². The van der Waals surface area contributed by atoms with Gasteiger partial charge in [0.2, 0.25) is 0 Å². The minimum absolute atomic E-state index is 0.0577. The second-order valence-electron chi connectivity index (χ2n) is 5.57. The van der Waals surface area contributed by atoms with Crippen LogP contribution in [0.25, 0.3) is 17.0 Å². The molecule has 0 unspecified atom stereocenters. The third-order valence-electron chi connectivity index (χ3n) is 4.02. The molecular weight excluding hydrogens is 336 g/mol. The number of amides is 1. The average molecular weight is 350 g/mol. The molecule has 0 atom stereocenters. The molecule has 24 heavy (non-hydrogen) atoms. The number of benzene rings is 2. The first-order valence-electron chi connectivity index (χ1n) is 7.52. The number of anilines is 1. The Bertz CT molecular complexity index is 989. The molecule has 0 saturated carbocycles. The molecule has 1 aliphatic rings. The number of hydrogen-bond donors (Lipinski definition) is 0. The van der Waals surface area contributed by atoms with Gasteiger partial charge in [0.05, 0.1) is 10.6 Å². The van der Waals surface area contributed by atoms with Crippen molar-refractivity contribution in [3.05, 3.63) is 71.3 Å². The Hall–Kier alpha value is -2.37. The van der Waals surface area contributed by atoms with Crippen molar-refractivity contribution in [1.82, 2.24) is 4.57 Å². The smallest absolute Gasteiger partial charge is 0.296 e. The van der Waals surface area contributed by atoms with Crippen molar-refractivity contribution in [2.45, 2.75) is 0 Å². The summed E-state index contributed by atoms with van der Waals surface area (Å²) in [4.78, 5) is 15.4. The Kier molecular flexibility index (Phi) is 3.75. The largest absolute Gasteiger partial charge is 0.350 e. The molecule has 1 aromatic heterocycles. The first-order valence-corrected chi connectivity index (χ1v) is 8.75. The zero-order chi connectivity index (χ0) is 16.7. The van der Waals surface area contributed by atoms with Gasteiger partial charge in [-0.2, -0.15) is 0 Å². The summed E-state index contributed by atoms with van der Waals surface area (Å²) in [5, 5.41) is 1.10. The van der Waals surface area contributed by atoms with Gasteiger partial charge < -0.3 is 4.57 Å². The van der Waals surface area contributed by atoms with Crippen LogP contribution in [0.4, 0.5) is 10.5 Å². The van der Waals surface area contributed by atoms with E-state index in [0.717, 1.165) is 27.1 Å². The average Bonchev–Trinajstić information content (AvgIpc) is 3.06. The predicted octanol–water partition coefficient (Wildman–Crippen LogP) is 5.22. The van der Waals surface area contributed by atoms with Gasteiger partial charge in [0, 0.05) is 29.7 Å². The van der Waals surface area contributed by atoms with Crippen molar-refractivity contribution in [2.24, 2.45) is 7.05 Å². The number of carbonyl (C=O) groups excluding carboxylic acids is 1. The van der Waals surface area contributed by atoms with Crippen LogP contribution in [0.3, 0.4) is 0 Å². The summed E-state index contributed by atoms with van der Waals surface area (Å²) >= 11 is 6.75. The van der Waals surface area contributed by atoms with E-state index in [4.69, 9.17) is 12.2 Å². The first-order chi connectivity index (χ1) is 11.6. The third kappa shape index (κ3) is 2.46. The third-order valence-corrected chi connectivity index (χ3v) is 5.44. The fraction of sp³-hybridized carbons (Fsp3) is 0.0526. The molecule has 3 aromatic rings. The van der Waals surface area contributed by atoms with Gasteiger partial charge in [-0.3, -0.25) is 9.69 Å². The van der Waals surface area contributed by atoms with E-state index in [2.05, 4.69) is 22.9 Å². The summed E-state index contributed by atoms with van der Waals surface area (Å²) in [6, 6.07) is 17.7. The molecule has 2 heterocycles. The molecule has 0 spiro atoms. The fourth-order valence-corrected chi connectivity index (χ4v) is 4.17. The lowest BCUT2D eigenvalue weighted by Crippen LogP contribution is -2.26. The Morgan fingerprint density at radius 2 is 1.75 bits per heavy atom. The molecule has 0 bridgehead atoms. The molecule has 0 N–H and O–H groups in total. The van der Waals surface area contributed by atoms with Crippen LogP contribution < -0.4 is 4.90 Å². The molecule has 3 nitrogen and oxygen atoms in total. The molecule has 1 amide bonds. The Labute approximate surface area is 149 Å². The van der Waals surface area contributed by atoms with Crippen LogP contribution in [-0.2, 0) is 7.05 Å². The summed E-state index contributed by atoms with van der Waals surface area (Å²) in [5.41, 5.74) is 3.03. The number of nitrogens with zero attached hydrogens (tertiary/aromatic N) is 2. The Morgan fingerprint density at radius 1 is 1.04 bits per heavy atom. The lowest BCUT2D eigenvalue weighted by Gasteiger charge is -2.14. The number of aromatic nitrogens is 1. The molecule has 0 aliphatic carbocycles. The van der Waals surface area contributed by atoms with Crippen molar-refractivity contribution in [1.29, 1.82) is 0 Å². The minimum atomic E-state index is -0.0577. The molecule has 4 rings (SSSR count). The van der Waals surface area contributed by atoms with E-state index < -0.39 is 0 Å². The number of para-hydroxylation sites is 2. The minimum Gasteiger partial charge on any atom is -0.350 e. The van der Waals surface area contributed by atoms with Crippen LogP contribution in [0.2, 0.25) is 0 Å². The van der Waals surface area contributed by atoms with Gasteiger partial charge in [-0.15, -0.1) is 0 Å². The van der Waals surface area contributed by atoms with Crippen LogP contribution in [0.1, 0.15) is 5.56 Å². The number of fused-ring (bicyclic) bond motifs is 1. The number of rotatable bonds is 2. The first kappa shape index (κ1) is 15.2. The molecule has 5 heteroatoms. The zero-order valence-electron chi connectivity index (χ0n) is 13.0. The van der Waals surface area contributed by atoms with Crippen LogP contribution in [-0.4, -0.2) is 14.8 Å². The van der Waals surface area contributed by atoms with E-state index in [-0.39, 0.29) is 5.24 Å². The lowest BCUT2D eigenvalue weighted by atomic mass is 10.1. The Morgan fingerprint density at radius 3 is 2.54 bits per heavy atom. The van der Waals surface area contributed by atoms with Crippen molar-refractivity contribution in [3.63, 3.8) is 0 Å². The summed E-state index contributed by atoms with van der Waals surface area (Å²) in [7, 11) is 2.02. The highest BCUT2D eigenvalue weighted by Crippen LogP contribution is 2.37. The van der Waals surface area contributed by atoms with E-state index >= 15 is 0 Å². The maximum atomic E-state index is 12.4. The highest BCUT2D eigenvalue weighted by Gasteiger charge is 2.32.